The molecule has 6 nitrogen and oxygen atoms in total. The van der Waals surface area contributed by atoms with Crippen LogP contribution in [0, 0.1) is 5.92 Å². The molecule has 0 atom stereocenters. The Kier molecular flexibility index (Phi) is 10.7. The Hall–Kier alpha value is -2.13. The molecule has 2 aromatic rings. The Bertz CT molecular complexity index is 924. The normalized spacial score (nSPS) is 17.4. The number of benzene rings is 2. The molecule has 0 radical (unpaired) electrons. The molecule has 0 bridgehead atoms. The highest BCUT2D eigenvalue weighted by Crippen LogP contribution is 2.27. The van der Waals surface area contributed by atoms with Crippen molar-refractivity contribution < 1.29 is 4.79 Å². The van der Waals surface area contributed by atoms with E-state index in [1.807, 2.05) is 18.2 Å². The lowest BCUT2D eigenvalue weighted by atomic mass is 9.85. The molecule has 0 unspecified atom stereocenters. The molecule has 1 saturated carbocycles. The van der Waals surface area contributed by atoms with Crippen LogP contribution in [0.3, 0.4) is 0 Å². The molecule has 0 aromatic heterocycles. The maximum absolute atomic E-state index is 12.2. The van der Waals surface area contributed by atoms with Crippen molar-refractivity contribution in [3.05, 3.63) is 65.7 Å². The van der Waals surface area contributed by atoms with Crippen molar-refractivity contribution in [2.75, 3.05) is 25.0 Å². The smallest absolute Gasteiger partial charge is 0.227 e. The van der Waals surface area contributed by atoms with Gasteiger partial charge in [-0.15, -0.1) is 24.0 Å². The summed E-state index contributed by atoms with van der Waals surface area (Å²) in [5.41, 5.74) is 3.34. The fourth-order valence-electron chi connectivity index (χ4n) is 4.42. The van der Waals surface area contributed by atoms with Gasteiger partial charge in [0.05, 0.1) is 6.54 Å². The van der Waals surface area contributed by atoms with E-state index in [1.54, 1.807) is 0 Å². The van der Waals surface area contributed by atoms with Crippen molar-refractivity contribution in [1.29, 1.82) is 0 Å². The zero-order valence-corrected chi connectivity index (χ0v) is 22.5. The van der Waals surface area contributed by atoms with Gasteiger partial charge in [0.2, 0.25) is 5.91 Å². The van der Waals surface area contributed by atoms with E-state index in [9.17, 15) is 4.79 Å². The highest BCUT2D eigenvalue weighted by Gasteiger charge is 2.25. The van der Waals surface area contributed by atoms with Crippen LogP contribution in [0.2, 0.25) is 0 Å². The molecule has 2 aliphatic rings. The van der Waals surface area contributed by atoms with Gasteiger partial charge < -0.3 is 16.0 Å². The van der Waals surface area contributed by atoms with E-state index >= 15 is 0 Å². The molecule has 1 amide bonds. The minimum absolute atomic E-state index is 0. The number of amides is 1. The SMILES string of the molecule is CCNC(=NCc1cccc(NC(=O)C2CCC2)c1)NC1CCN(Cc2ccccc2)CC1.I. The van der Waals surface area contributed by atoms with Crippen molar-refractivity contribution >= 4 is 41.5 Å². The molecule has 7 heteroatoms. The first-order chi connectivity index (χ1) is 16.2. The minimum Gasteiger partial charge on any atom is -0.357 e. The number of carbonyl (C=O) groups excluding carboxylic acids is 1. The first-order valence-corrected chi connectivity index (χ1v) is 12.4. The van der Waals surface area contributed by atoms with E-state index < -0.39 is 0 Å². The summed E-state index contributed by atoms with van der Waals surface area (Å²) in [5, 5.41) is 10.1. The number of carbonyl (C=O) groups is 1. The van der Waals surface area contributed by atoms with Crippen molar-refractivity contribution in [2.24, 2.45) is 10.9 Å². The summed E-state index contributed by atoms with van der Waals surface area (Å²) in [4.78, 5) is 19.6. The predicted octanol–water partition coefficient (Wildman–Crippen LogP) is 4.76. The number of aliphatic imine (C=N–C) groups is 1. The van der Waals surface area contributed by atoms with Crippen LogP contribution in [-0.4, -0.2) is 42.4 Å². The second-order valence-electron chi connectivity index (χ2n) is 9.19. The third-order valence-corrected chi connectivity index (χ3v) is 6.61. The Morgan fingerprint density at radius 3 is 2.41 bits per heavy atom. The molecular weight excluding hydrogens is 537 g/mol. The number of piperidine rings is 1. The summed E-state index contributed by atoms with van der Waals surface area (Å²) in [6.45, 7) is 6.71. The maximum atomic E-state index is 12.2. The van der Waals surface area contributed by atoms with Gasteiger partial charge in [-0.1, -0.05) is 48.9 Å². The van der Waals surface area contributed by atoms with Gasteiger partial charge in [0, 0.05) is 43.8 Å². The maximum Gasteiger partial charge on any atom is 0.227 e. The van der Waals surface area contributed by atoms with Gasteiger partial charge in [-0.2, -0.15) is 0 Å². The summed E-state index contributed by atoms with van der Waals surface area (Å²) in [6.07, 6.45) is 5.41. The van der Waals surface area contributed by atoms with Gasteiger partial charge in [0.25, 0.3) is 0 Å². The Morgan fingerprint density at radius 2 is 1.74 bits per heavy atom. The first kappa shape index (κ1) is 26.5. The van der Waals surface area contributed by atoms with Gasteiger partial charge in [0.15, 0.2) is 5.96 Å². The van der Waals surface area contributed by atoms with Crippen LogP contribution in [0.5, 0.6) is 0 Å². The molecule has 2 aromatic carbocycles. The highest BCUT2D eigenvalue weighted by atomic mass is 127. The molecule has 4 rings (SSSR count). The summed E-state index contributed by atoms with van der Waals surface area (Å²) in [6, 6.07) is 19.2. The van der Waals surface area contributed by atoms with Crippen molar-refractivity contribution in [3.8, 4) is 0 Å². The van der Waals surface area contributed by atoms with Crippen molar-refractivity contribution in [2.45, 2.75) is 58.2 Å². The number of nitrogens with zero attached hydrogens (tertiary/aromatic N) is 2. The van der Waals surface area contributed by atoms with Crippen LogP contribution in [0.1, 0.15) is 50.2 Å². The number of hydrogen-bond acceptors (Lipinski definition) is 3. The second-order valence-corrected chi connectivity index (χ2v) is 9.19. The zero-order chi connectivity index (χ0) is 22.9. The van der Waals surface area contributed by atoms with Crippen LogP contribution in [0.25, 0.3) is 0 Å². The van der Waals surface area contributed by atoms with Crippen molar-refractivity contribution in [3.63, 3.8) is 0 Å². The lowest BCUT2D eigenvalue weighted by Crippen LogP contribution is -2.48. The predicted molar refractivity (Wildman–Crippen MR) is 151 cm³/mol. The number of hydrogen-bond donors (Lipinski definition) is 3. The zero-order valence-electron chi connectivity index (χ0n) is 20.1. The van der Waals surface area contributed by atoms with Crippen molar-refractivity contribution in [1.82, 2.24) is 15.5 Å². The molecule has 2 fully saturated rings. The van der Waals surface area contributed by atoms with E-state index in [2.05, 4.69) is 64.2 Å². The Balaban J connectivity index is 0.00000324. The highest BCUT2D eigenvalue weighted by molar-refractivity contribution is 14.0. The number of anilines is 1. The van der Waals surface area contributed by atoms with E-state index in [0.29, 0.717) is 12.6 Å². The lowest BCUT2D eigenvalue weighted by molar-refractivity contribution is -0.122. The molecule has 1 heterocycles. The minimum atomic E-state index is 0. The average Bonchev–Trinajstić information content (AvgIpc) is 2.79. The van der Waals surface area contributed by atoms with E-state index in [0.717, 1.165) is 69.1 Å². The third-order valence-electron chi connectivity index (χ3n) is 6.61. The average molecular weight is 576 g/mol. The summed E-state index contributed by atoms with van der Waals surface area (Å²) < 4.78 is 0. The van der Waals surface area contributed by atoms with E-state index in [4.69, 9.17) is 4.99 Å². The van der Waals surface area contributed by atoms with Gasteiger partial charge in [-0.25, -0.2) is 4.99 Å². The second kappa shape index (κ2) is 13.7. The molecule has 1 aliphatic heterocycles. The number of guanidine groups is 1. The van der Waals surface area contributed by atoms with Gasteiger partial charge in [-0.05, 0) is 55.9 Å². The summed E-state index contributed by atoms with van der Waals surface area (Å²) in [5.74, 6) is 1.20. The van der Waals surface area contributed by atoms with Crippen LogP contribution in [0.4, 0.5) is 5.69 Å². The topological polar surface area (TPSA) is 68.8 Å². The van der Waals surface area contributed by atoms with E-state index in [1.165, 1.54) is 12.0 Å². The van der Waals surface area contributed by atoms with Crippen LogP contribution in [0.15, 0.2) is 59.6 Å². The summed E-state index contributed by atoms with van der Waals surface area (Å²) >= 11 is 0. The number of rotatable bonds is 8. The molecule has 184 valence electrons. The third kappa shape index (κ3) is 7.98. The molecule has 1 saturated heterocycles. The van der Waals surface area contributed by atoms with Gasteiger partial charge in [-0.3, -0.25) is 9.69 Å². The van der Waals surface area contributed by atoms with Crippen LogP contribution >= 0.6 is 24.0 Å². The monoisotopic (exact) mass is 575 g/mol. The number of nitrogens with one attached hydrogen (secondary N) is 3. The standard InChI is InChI=1S/C27H37N5O.HI/c1-2-28-27(31-24-14-16-32(17-15-24)20-21-8-4-3-5-9-21)29-19-22-10-6-13-25(18-22)30-26(33)23-11-7-12-23;/h3-6,8-10,13,18,23-24H,2,7,11-12,14-17,19-20H2,1H3,(H,30,33)(H2,28,29,31);1H. The Morgan fingerprint density at radius 1 is 1.00 bits per heavy atom. The first-order valence-electron chi connectivity index (χ1n) is 12.4. The molecule has 34 heavy (non-hydrogen) atoms. The summed E-state index contributed by atoms with van der Waals surface area (Å²) in [7, 11) is 0. The number of likely N-dealkylation sites (tertiary alicyclic amines) is 1. The molecule has 0 spiro atoms. The van der Waals surface area contributed by atoms with Crippen LogP contribution in [-0.2, 0) is 17.9 Å². The quantitative estimate of drug-likeness (QED) is 0.241. The fourth-order valence-corrected chi connectivity index (χ4v) is 4.42. The molecular formula is C27H38IN5O. The van der Waals surface area contributed by atoms with Crippen LogP contribution < -0.4 is 16.0 Å². The number of halogens is 1. The fraction of sp³-hybridized carbons (Fsp3) is 0.481. The van der Waals surface area contributed by atoms with Gasteiger partial charge in [0.1, 0.15) is 0 Å². The van der Waals surface area contributed by atoms with Gasteiger partial charge >= 0.3 is 0 Å². The lowest BCUT2D eigenvalue weighted by Gasteiger charge is -2.33. The molecule has 1 aliphatic carbocycles. The molecule has 3 N–H and O–H groups in total. The largest absolute Gasteiger partial charge is 0.357 e. The Labute approximate surface area is 221 Å². The van der Waals surface area contributed by atoms with E-state index in [-0.39, 0.29) is 35.8 Å².